The summed E-state index contributed by atoms with van der Waals surface area (Å²) in [6.07, 6.45) is 0. The van der Waals surface area contributed by atoms with Gasteiger partial charge in [-0.2, -0.15) is 0 Å². The maximum absolute atomic E-state index is 13.4. The molecule has 1 heterocycles. The van der Waals surface area contributed by atoms with E-state index in [-0.39, 0.29) is 5.82 Å². The molecule has 0 aliphatic heterocycles. The van der Waals surface area contributed by atoms with Gasteiger partial charge >= 0.3 is 0 Å². The van der Waals surface area contributed by atoms with Gasteiger partial charge < -0.3 is 10.5 Å². The maximum atomic E-state index is 13.4. The van der Waals surface area contributed by atoms with E-state index >= 15 is 0 Å². The summed E-state index contributed by atoms with van der Waals surface area (Å²) in [6.45, 7) is 2.18. The first kappa shape index (κ1) is 13.0. The molecule has 0 spiro atoms. The van der Waals surface area contributed by atoms with Crippen molar-refractivity contribution in [1.82, 2.24) is 4.98 Å². The topological polar surface area (TPSA) is 48.1 Å². The Kier molecular flexibility index (Phi) is 3.93. The van der Waals surface area contributed by atoms with Gasteiger partial charge in [0.1, 0.15) is 11.6 Å². The summed E-state index contributed by atoms with van der Waals surface area (Å²) in [4.78, 5) is 4.25. The number of hydrogen-bond acceptors (Lipinski definition) is 3. The van der Waals surface area contributed by atoms with Crippen molar-refractivity contribution in [2.24, 2.45) is 5.73 Å². The summed E-state index contributed by atoms with van der Waals surface area (Å²) in [5.41, 5.74) is 7.21. The average Bonchev–Trinajstić information content (AvgIpc) is 2.34. The van der Waals surface area contributed by atoms with Crippen LogP contribution in [0.1, 0.15) is 11.3 Å². The second-order valence-electron chi connectivity index (χ2n) is 3.80. The number of halogens is 2. The highest BCUT2D eigenvalue weighted by molar-refractivity contribution is 9.10. The SMILES string of the molecule is Cc1ccc(CN)c(Oc2ccc(Br)c(F)c2)n1. The van der Waals surface area contributed by atoms with Gasteiger partial charge in [-0.3, -0.25) is 0 Å². The highest BCUT2D eigenvalue weighted by Crippen LogP contribution is 2.26. The Balaban J connectivity index is 2.33. The molecule has 1 aromatic heterocycles. The number of hydrogen-bond donors (Lipinski definition) is 1. The highest BCUT2D eigenvalue weighted by Gasteiger charge is 2.08. The molecular formula is C13H12BrFN2O. The minimum Gasteiger partial charge on any atom is -0.439 e. The fourth-order valence-corrected chi connectivity index (χ4v) is 1.70. The summed E-state index contributed by atoms with van der Waals surface area (Å²) < 4.78 is 19.3. The zero-order valence-electron chi connectivity index (χ0n) is 9.78. The van der Waals surface area contributed by atoms with E-state index in [4.69, 9.17) is 10.5 Å². The molecule has 0 aliphatic carbocycles. The first-order valence-corrected chi connectivity index (χ1v) is 6.19. The number of rotatable bonds is 3. The third-order valence-electron chi connectivity index (χ3n) is 2.40. The summed E-state index contributed by atoms with van der Waals surface area (Å²) in [6, 6.07) is 8.26. The van der Waals surface area contributed by atoms with Crippen molar-refractivity contribution in [2.75, 3.05) is 0 Å². The molecule has 0 saturated carbocycles. The number of pyridine rings is 1. The van der Waals surface area contributed by atoms with Crippen molar-refractivity contribution in [3.05, 3.63) is 51.9 Å². The monoisotopic (exact) mass is 310 g/mol. The summed E-state index contributed by atoms with van der Waals surface area (Å²) in [5, 5.41) is 0. The molecule has 94 valence electrons. The molecule has 5 heteroatoms. The Morgan fingerprint density at radius 1 is 1.33 bits per heavy atom. The van der Waals surface area contributed by atoms with Gasteiger partial charge in [-0.05, 0) is 41.1 Å². The highest BCUT2D eigenvalue weighted by atomic mass is 79.9. The lowest BCUT2D eigenvalue weighted by molar-refractivity contribution is 0.450. The van der Waals surface area contributed by atoms with Gasteiger partial charge in [-0.15, -0.1) is 0 Å². The molecule has 0 bridgehead atoms. The van der Waals surface area contributed by atoms with Crippen molar-refractivity contribution < 1.29 is 9.13 Å². The van der Waals surface area contributed by atoms with Crippen molar-refractivity contribution in [3.63, 3.8) is 0 Å². The molecule has 0 saturated heterocycles. The first-order chi connectivity index (χ1) is 8.60. The van der Waals surface area contributed by atoms with Gasteiger partial charge in [0.25, 0.3) is 0 Å². The Hall–Kier alpha value is -1.46. The molecule has 2 rings (SSSR count). The Labute approximate surface area is 113 Å². The van der Waals surface area contributed by atoms with E-state index in [1.54, 1.807) is 12.1 Å². The lowest BCUT2D eigenvalue weighted by Gasteiger charge is -2.10. The van der Waals surface area contributed by atoms with Gasteiger partial charge in [-0.25, -0.2) is 9.37 Å². The van der Waals surface area contributed by atoms with Gasteiger partial charge in [0.15, 0.2) is 0 Å². The molecule has 18 heavy (non-hydrogen) atoms. The lowest BCUT2D eigenvalue weighted by atomic mass is 10.2. The summed E-state index contributed by atoms with van der Waals surface area (Å²) in [5.74, 6) is 0.428. The van der Waals surface area contributed by atoms with Crippen molar-refractivity contribution in [1.29, 1.82) is 0 Å². The van der Waals surface area contributed by atoms with Crippen LogP contribution in [0.2, 0.25) is 0 Å². The summed E-state index contributed by atoms with van der Waals surface area (Å²) >= 11 is 3.09. The second kappa shape index (κ2) is 5.46. The zero-order chi connectivity index (χ0) is 13.1. The minimum atomic E-state index is -0.380. The lowest BCUT2D eigenvalue weighted by Crippen LogP contribution is -2.02. The molecule has 0 fully saturated rings. The number of benzene rings is 1. The van der Waals surface area contributed by atoms with Crippen LogP contribution in [0, 0.1) is 12.7 Å². The molecule has 0 aliphatic rings. The van der Waals surface area contributed by atoms with Crippen LogP contribution < -0.4 is 10.5 Å². The van der Waals surface area contributed by atoms with Crippen LogP contribution in [0.5, 0.6) is 11.6 Å². The van der Waals surface area contributed by atoms with E-state index in [1.807, 2.05) is 19.1 Å². The molecule has 0 unspecified atom stereocenters. The van der Waals surface area contributed by atoms with Crippen LogP contribution in [0.4, 0.5) is 4.39 Å². The van der Waals surface area contributed by atoms with Crippen LogP contribution in [0.25, 0.3) is 0 Å². The van der Waals surface area contributed by atoms with Crippen molar-refractivity contribution in [2.45, 2.75) is 13.5 Å². The van der Waals surface area contributed by atoms with E-state index in [1.165, 1.54) is 6.07 Å². The number of nitrogens with zero attached hydrogens (tertiary/aromatic N) is 1. The largest absolute Gasteiger partial charge is 0.439 e. The standard InChI is InChI=1S/C13H12BrFN2O/c1-8-2-3-9(7-16)13(17-8)18-10-4-5-11(14)12(15)6-10/h2-6H,7,16H2,1H3. The molecule has 3 nitrogen and oxygen atoms in total. The van der Waals surface area contributed by atoms with Gasteiger partial charge in [0.05, 0.1) is 4.47 Å². The molecule has 1 aromatic carbocycles. The molecule has 0 amide bonds. The van der Waals surface area contributed by atoms with E-state index in [9.17, 15) is 4.39 Å². The third kappa shape index (κ3) is 2.86. The van der Waals surface area contributed by atoms with E-state index < -0.39 is 0 Å². The van der Waals surface area contributed by atoms with Crippen LogP contribution in [-0.2, 0) is 6.54 Å². The quantitative estimate of drug-likeness (QED) is 0.943. The van der Waals surface area contributed by atoms with Gasteiger partial charge in [-0.1, -0.05) is 6.07 Å². The van der Waals surface area contributed by atoms with E-state index in [2.05, 4.69) is 20.9 Å². The Morgan fingerprint density at radius 3 is 2.78 bits per heavy atom. The number of ether oxygens (including phenoxy) is 1. The first-order valence-electron chi connectivity index (χ1n) is 5.39. The van der Waals surface area contributed by atoms with E-state index in [0.29, 0.717) is 22.6 Å². The van der Waals surface area contributed by atoms with Gasteiger partial charge in [0.2, 0.25) is 5.88 Å². The predicted octanol–water partition coefficient (Wildman–Crippen LogP) is 3.54. The normalized spacial score (nSPS) is 10.4. The second-order valence-corrected chi connectivity index (χ2v) is 4.65. The molecule has 0 atom stereocenters. The van der Waals surface area contributed by atoms with Crippen LogP contribution in [-0.4, -0.2) is 4.98 Å². The zero-order valence-corrected chi connectivity index (χ0v) is 11.4. The maximum Gasteiger partial charge on any atom is 0.223 e. The van der Waals surface area contributed by atoms with Crippen LogP contribution in [0.3, 0.4) is 0 Å². The molecule has 2 aromatic rings. The Morgan fingerprint density at radius 2 is 2.11 bits per heavy atom. The van der Waals surface area contributed by atoms with E-state index in [0.717, 1.165) is 11.3 Å². The molecular weight excluding hydrogens is 299 g/mol. The third-order valence-corrected chi connectivity index (χ3v) is 3.05. The predicted molar refractivity (Wildman–Crippen MR) is 71.0 cm³/mol. The minimum absolute atomic E-state index is 0.321. The van der Waals surface area contributed by atoms with Crippen molar-refractivity contribution in [3.8, 4) is 11.6 Å². The molecule has 2 N–H and O–H groups in total. The van der Waals surface area contributed by atoms with Crippen molar-refractivity contribution >= 4 is 15.9 Å². The van der Waals surface area contributed by atoms with Crippen LogP contribution >= 0.6 is 15.9 Å². The van der Waals surface area contributed by atoms with Gasteiger partial charge in [0, 0.05) is 23.9 Å². The van der Waals surface area contributed by atoms with Crippen LogP contribution in [0.15, 0.2) is 34.8 Å². The number of aryl methyl sites for hydroxylation is 1. The smallest absolute Gasteiger partial charge is 0.223 e. The number of aromatic nitrogens is 1. The fraction of sp³-hybridized carbons (Fsp3) is 0.154. The summed E-state index contributed by atoms with van der Waals surface area (Å²) in [7, 11) is 0. The molecule has 0 radical (unpaired) electrons. The number of nitrogens with two attached hydrogens (primary N) is 1. The fourth-order valence-electron chi connectivity index (χ4n) is 1.46. The average molecular weight is 311 g/mol. The Bertz CT molecular complexity index is 575.